The van der Waals surface area contributed by atoms with Crippen molar-refractivity contribution in [3.8, 4) is 5.75 Å². The van der Waals surface area contributed by atoms with Gasteiger partial charge in [0.05, 0.1) is 30.3 Å². The molecule has 2 aromatic heterocycles. The highest BCUT2D eigenvalue weighted by atomic mass is 16.5. The van der Waals surface area contributed by atoms with E-state index in [9.17, 15) is 19.5 Å². The van der Waals surface area contributed by atoms with Gasteiger partial charge in [0.15, 0.2) is 0 Å². The normalized spacial score (nSPS) is 18.1. The molecule has 0 spiro atoms. The van der Waals surface area contributed by atoms with Crippen molar-refractivity contribution in [2.45, 2.75) is 52.2 Å². The Morgan fingerprint density at radius 1 is 1.14 bits per heavy atom. The van der Waals surface area contributed by atoms with Crippen LogP contribution in [0.2, 0.25) is 0 Å². The molecule has 9 nitrogen and oxygen atoms in total. The Hall–Kier alpha value is -4.37. The third kappa shape index (κ3) is 5.44. The van der Waals surface area contributed by atoms with Gasteiger partial charge >= 0.3 is 5.97 Å². The number of carboxylic acids is 1. The number of carbonyl (C=O) groups excluding carboxylic acids is 1. The quantitative estimate of drug-likeness (QED) is 0.267. The molecule has 1 saturated heterocycles. The molecule has 3 N–H and O–H groups in total. The maximum absolute atomic E-state index is 13.7. The van der Waals surface area contributed by atoms with Crippen LogP contribution in [0.15, 0.2) is 59.4 Å². The monoisotopic (exact) mass is 570 g/mol. The van der Waals surface area contributed by atoms with E-state index < -0.39 is 5.97 Å². The number of likely N-dealkylation sites (tertiary alicyclic amines) is 1. The molecule has 0 aliphatic carbocycles. The van der Waals surface area contributed by atoms with Crippen molar-refractivity contribution in [2.24, 2.45) is 5.92 Å². The minimum Gasteiger partial charge on any atom is -0.496 e. The molecule has 0 saturated carbocycles. The Morgan fingerprint density at radius 3 is 2.64 bits per heavy atom. The number of aromatic nitrogens is 2. The van der Waals surface area contributed by atoms with Crippen LogP contribution in [0.3, 0.4) is 0 Å². The molecule has 1 aliphatic rings. The highest BCUT2D eigenvalue weighted by molar-refractivity contribution is 6.08. The van der Waals surface area contributed by atoms with E-state index in [2.05, 4.69) is 33.7 Å². The third-order valence-electron chi connectivity index (χ3n) is 8.78. The highest BCUT2D eigenvalue weighted by Gasteiger charge is 2.33. The zero-order chi connectivity index (χ0) is 30.1. The maximum atomic E-state index is 13.7. The molecule has 220 valence electrons. The Morgan fingerprint density at radius 2 is 1.90 bits per heavy atom. The molecular formula is C33H38N4O5. The van der Waals surface area contributed by atoms with E-state index in [1.807, 2.05) is 43.3 Å². The van der Waals surface area contributed by atoms with Crippen LogP contribution >= 0.6 is 0 Å². The number of piperidine rings is 1. The van der Waals surface area contributed by atoms with Crippen LogP contribution < -0.4 is 15.6 Å². The number of carbonyl (C=O) groups is 2. The number of aromatic amines is 1. The maximum Gasteiger partial charge on any atom is 0.335 e. The van der Waals surface area contributed by atoms with Gasteiger partial charge < -0.3 is 24.7 Å². The molecule has 3 atom stereocenters. The zero-order valence-electron chi connectivity index (χ0n) is 24.7. The third-order valence-corrected chi connectivity index (χ3v) is 8.78. The number of carboxylic acid groups (broad SMARTS) is 1. The molecule has 2 aromatic carbocycles. The van der Waals surface area contributed by atoms with Crippen molar-refractivity contribution in [1.82, 2.24) is 19.8 Å². The van der Waals surface area contributed by atoms with E-state index in [1.165, 1.54) is 7.11 Å². The summed E-state index contributed by atoms with van der Waals surface area (Å²) in [5.41, 5.74) is 4.52. The fourth-order valence-corrected chi connectivity index (χ4v) is 6.52. The van der Waals surface area contributed by atoms with Gasteiger partial charge in [-0.1, -0.05) is 30.3 Å². The highest BCUT2D eigenvalue weighted by Crippen LogP contribution is 2.41. The molecule has 42 heavy (non-hydrogen) atoms. The average molecular weight is 571 g/mol. The zero-order valence-corrected chi connectivity index (χ0v) is 24.7. The van der Waals surface area contributed by atoms with Crippen LogP contribution in [-0.4, -0.2) is 52.1 Å². The van der Waals surface area contributed by atoms with Crippen LogP contribution in [-0.2, 0) is 6.54 Å². The van der Waals surface area contributed by atoms with Gasteiger partial charge in [-0.15, -0.1) is 0 Å². The summed E-state index contributed by atoms with van der Waals surface area (Å²) < 4.78 is 7.67. The lowest BCUT2D eigenvalue weighted by Gasteiger charge is -2.40. The summed E-state index contributed by atoms with van der Waals surface area (Å²) in [5.74, 6) is -0.426. The first-order valence-corrected chi connectivity index (χ1v) is 14.3. The number of para-hydroxylation sites is 1. The summed E-state index contributed by atoms with van der Waals surface area (Å²) >= 11 is 0. The molecule has 3 heterocycles. The van der Waals surface area contributed by atoms with Crippen LogP contribution in [0.5, 0.6) is 5.75 Å². The number of hydrogen-bond acceptors (Lipinski definition) is 5. The lowest BCUT2D eigenvalue weighted by molar-refractivity contribution is 0.0695. The number of nitrogens with zero attached hydrogens (tertiary/aromatic N) is 2. The second-order valence-electron chi connectivity index (χ2n) is 11.3. The van der Waals surface area contributed by atoms with Crippen LogP contribution in [0.25, 0.3) is 10.9 Å². The fourth-order valence-electron chi connectivity index (χ4n) is 6.52. The van der Waals surface area contributed by atoms with Gasteiger partial charge in [-0.3, -0.25) is 14.5 Å². The first-order valence-electron chi connectivity index (χ1n) is 14.3. The Kier molecular flexibility index (Phi) is 8.22. The number of hydrogen-bond donors (Lipinski definition) is 3. The second-order valence-corrected chi connectivity index (χ2v) is 11.3. The van der Waals surface area contributed by atoms with Crippen LogP contribution in [0.1, 0.15) is 75.1 Å². The number of rotatable bonds is 8. The minimum atomic E-state index is -0.925. The number of amides is 1. The fraction of sp³-hybridized carbons (Fsp3) is 0.364. The number of nitrogens with one attached hydrogen (secondary N) is 2. The van der Waals surface area contributed by atoms with Crippen molar-refractivity contribution >= 4 is 22.8 Å². The van der Waals surface area contributed by atoms with Gasteiger partial charge in [0, 0.05) is 34.4 Å². The first-order chi connectivity index (χ1) is 20.1. The van der Waals surface area contributed by atoms with Crippen LogP contribution in [0.4, 0.5) is 0 Å². The number of aromatic carboxylic acids is 1. The average Bonchev–Trinajstić information content (AvgIpc) is 3.27. The first kappa shape index (κ1) is 29.1. The van der Waals surface area contributed by atoms with Crippen molar-refractivity contribution in [3.05, 3.63) is 98.6 Å². The molecule has 1 amide bonds. The molecule has 0 radical (unpaired) electrons. The lowest BCUT2D eigenvalue weighted by Crippen LogP contribution is -2.36. The standard InChI is InChI=1S/C33H38N4O5/c1-19-15-29(42-5)26(31(38)35-19)18-34-32(39)30-21(3)37(27-12-7-6-11-25(27)30)20(2)22-13-14-36(4)28(17-22)23-9-8-10-24(16-23)33(40)41/h6-12,15-16,20,22,28H,13-14,17-18H2,1-5H3,(H,34,39)(H,35,38)(H,40,41). The molecular weight excluding hydrogens is 532 g/mol. The van der Waals surface area contributed by atoms with Crippen molar-refractivity contribution in [2.75, 3.05) is 20.7 Å². The summed E-state index contributed by atoms with van der Waals surface area (Å²) in [6.07, 6.45) is 1.85. The Bertz CT molecular complexity index is 1700. The molecule has 3 unspecified atom stereocenters. The molecule has 9 heteroatoms. The Balaban J connectivity index is 1.44. The Labute approximate surface area is 245 Å². The number of methoxy groups -OCH3 is 1. The van der Waals surface area contributed by atoms with Crippen molar-refractivity contribution in [1.29, 1.82) is 0 Å². The largest absolute Gasteiger partial charge is 0.496 e. The second kappa shape index (κ2) is 11.9. The number of ether oxygens (including phenoxy) is 1. The summed E-state index contributed by atoms with van der Waals surface area (Å²) in [5, 5.41) is 13.3. The number of benzene rings is 2. The summed E-state index contributed by atoms with van der Waals surface area (Å²) in [6, 6.07) is 17.1. The smallest absolute Gasteiger partial charge is 0.335 e. The predicted molar refractivity (Wildman–Crippen MR) is 162 cm³/mol. The molecule has 5 rings (SSSR count). The molecule has 1 fully saturated rings. The van der Waals surface area contributed by atoms with Gasteiger partial charge in [-0.25, -0.2) is 4.79 Å². The molecule has 4 aromatic rings. The van der Waals surface area contributed by atoms with Gasteiger partial charge in [-0.2, -0.15) is 0 Å². The molecule has 1 aliphatic heterocycles. The van der Waals surface area contributed by atoms with Crippen molar-refractivity contribution < 1.29 is 19.4 Å². The number of pyridine rings is 1. The van der Waals surface area contributed by atoms with Gasteiger partial charge in [-0.05, 0) is 83.0 Å². The number of fused-ring (bicyclic) bond motifs is 1. The summed E-state index contributed by atoms with van der Waals surface area (Å²) in [7, 11) is 3.60. The SMILES string of the molecule is COc1cc(C)[nH]c(=O)c1CNC(=O)c1c(C)n(C(C)C2CCN(C)C(c3cccc(C(=O)O)c3)C2)c2ccccc12. The molecule has 0 bridgehead atoms. The van der Waals surface area contributed by atoms with Gasteiger partial charge in [0.25, 0.3) is 11.5 Å². The summed E-state index contributed by atoms with van der Waals surface area (Å²) in [4.78, 5) is 43.0. The minimum absolute atomic E-state index is 0.0398. The number of H-pyrrole nitrogens is 1. The lowest BCUT2D eigenvalue weighted by atomic mass is 9.83. The van der Waals surface area contributed by atoms with Gasteiger partial charge in [0.1, 0.15) is 5.75 Å². The van der Waals surface area contributed by atoms with Gasteiger partial charge in [0.2, 0.25) is 0 Å². The van der Waals surface area contributed by atoms with E-state index in [0.717, 1.165) is 41.5 Å². The topological polar surface area (TPSA) is 117 Å². The van der Waals surface area contributed by atoms with Crippen LogP contribution in [0, 0.1) is 19.8 Å². The van der Waals surface area contributed by atoms with E-state index in [0.29, 0.717) is 34.1 Å². The van der Waals surface area contributed by atoms with Crippen molar-refractivity contribution in [3.63, 3.8) is 0 Å². The van der Waals surface area contributed by atoms with E-state index in [1.54, 1.807) is 25.1 Å². The van der Waals surface area contributed by atoms with E-state index in [-0.39, 0.29) is 30.1 Å². The number of aryl methyl sites for hydroxylation is 1. The predicted octanol–water partition coefficient (Wildman–Crippen LogP) is 5.23. The van der Waals surface area contributed by atoms with E-state index in [4.69, 9.17) is 4.74 Å². The summed E-state index contributed by atoms with van der Waals surface area (Å²) in [6.45, 7) is 6.89. The van der Waals surface area contributed by atoms with E-state index >= 15 is 0 Å².